The zero-order valence-corrected chi connectivity index (χ0v) is 18.9. The molecule has 0 unspecified atom stereocenters. The van der Waals surface area contributed by atoms with E-state index in [1.807, 2.05) is 48.7 Å². The van der Waals surface area contributed by atoms with Gasteiger partial charge in [-0.2, -0.15) is 0 Å². The number of aliphatic carboxylic acids is 1. The van der Waals surface area contributed by atoms with Crippen LogP contribution < -0.4 is 4.90 Å². The lowest BCUT2D eigenvalue weighted by molar-refractivity contribution is -0.136. The highest BCUT2D eigenvalue weighted by Crippen LogP contribution is 2.45. The molecule has 1 aliphatic heterocycles. The second-order valence-electron chi connectivity index (χ2n) is 8.35. The van der Waals surface area contributed by atoms with Gasteiger partial charge in [-0.1, -0.05) is 29.8 Å². The molecule has 3 heterocycles. The van der Waals surface area contributed by atoms with Crippen LogP contribution in [0.15, 0.2) is 54.7 Å². The predicted octanol–water partition coefficient (Wildman–Crippen LogP) is 5.62. The number of aryl methyl sites for hydroxylation is 1. The Morgan fingerprint density at radius 3 is 2.59 bits per heavy atom. The van der Waals surface area contributed by atoms with Gasteiger partial charge >= 0.3 is 5.97 Å². The third kappa shape index (κ3) is 3.43. The molecular weight excluding hydrogens is 422 g/mol. The highest BCUT2D eigenvalue weighted by Gasteiger charge is 2.29. The molecule has 0 saturated carbocycles. The minimum Gasteiger partial charge on any atom is -0.481 e. The summed E-state index contributed by atoms with van der Waals surface area (Å²) in [5.41, 5.74) is 8.30. The Kier molecular flexibility index (Phi) is 5.14. The van der Waals surface area contributed by atoms with Gasteiger partial charge in [-0.05, 0) is 66.4 Å². The third-order valence-corrected chi connectivity index (χ3v) is 6.61. The summed E-state index contributed by atoms with van der Waals surface area (Å²) in [5.74, 6) is -0.835. The lowest BCUT2D eigenvalue weighted by Gasteiger charge is -2.34. The van der Waals surface area contributed by atoms with Crippen molar-refractivity contribution < 1.29 is 9.90 Å². The molecule has 6 heteroatoms. The molecule has 0 saturated heterocycles. The Bertz CT molecular complexity index is 1330. The summed E-state index contributed by atoms with van der Waals surface area (Å²) in [5, 5.41) is 11.5. The van der Waals surface area contributed by atoms with Gasteiger partial charge < -0.3 is 14.6 Å². The van der Waals surface area contributed by atoms with Crippen LogP contribution in [0, 0.1) is 13.8 Å². The fourth-order valence-electron chi connectivity index (χ4n) is 4.96. The second-order valence-corrected chi connectivity index (χ2v) is 8.78. The van der Waals surface area contributed by atoms with E-state index in [9.17, 15) is 9.90 Å². The zero-order chi connectivity index (χ0) is 22.4. The van der Waals surface area contributed by atoms with Gasteiger partial charge in [0.25, 0.3) is 0 Å². The highest BCUT2D eigenvalue weighted by molar-refractivity contribution is 6.30. The van der Waals surface area contributed by atoms with Crippen LogP contribution >= 0.6 is 11.6 Å². The van der Waals surface area contributed by atoms with E-state index in [-0.39, 0.29) is 6.42 Å². The normalized spacial score (nSPS) is 13.0. The summed E-state index contributed by atoms with van der Waals surface area (Å²) in [6, 6.07) is 15.8. The van der Waals surface area contributed by atoms with E-state index >= 15 is 0 Å². The summed E-state index contributed by atoms with van der Waals surface area (Å²) >= 11 is 6.14. The molecule has 0 spiro atoms. The van der Waals surface area contributed by atoms with Crippen LogP contribution in [-0.4, -0.2) is 27.2 Å². The van der Waals surface area contributed by atoms with Crippen molar-refractivity contribution in [1.82, 2.24) is 9.55 Å². The molecule has 0 amide bonds. The van der Waals surface area contributed by atoms with Crippen LogP contribution in [-0.2, 0) is 24.3 Å². The number of nitrogens with zero attached hydrogens (tertiary/aromatic N) is 3. The van der Waals surface area contributed by atoms with E-state index in [1.54, 1.807) is 0 Å². The van der Waals surface area contributed by atoms with Crippen LogP contribution in [0.4, 0.5) is 5.69 Å². The van der Waals surface area contributed by atoms with Gasteiger partial charge in [0.2, 0.25) is 0 Å². The molecule has 162 valence electrons. The monoisotopic (exact) mass is 445 g/mol. The van der Waals surface area contributed by atoms with Crippen molar-refractivity contribution in [2.75, 3.05) is 11.4 Å². The third-order valence-electron chi connectivity index (χ3n) is 6.36. The number of carboxylic acid groups (broad SMARTS) is 1. The van der Waals surface area contributed by atoms with Crippen molar-refractivity contribution in [3.63, 3.8) is 0 Å². The minimum atomic E-state index is -0.835. The molecule has 4 aromatic rings. The van der Waals surface area contributed by atoms with Crippen molar-refractivity contribution in [3.8, 4) is 11.1 Å². The van der Waals surface area contributed by atoms with Crippen molar-refractivity contribution in [2.24, 2.45) is 0 Å². The number of carboxylic acids is 1. The predicted molar refractivity (Wildman–Crippen MR) is 128 cm³/mol. The van der Waals surface area contributed by atoms with Crippen molar-refractivity contribution in [3.05, 3.63) is 82.3 Å². The highest BCUT2D eigenvalue weighted by atomic mass is 35.5. The largest absolute Gasteiger partial charge is 0.481 e. The maximum atomic E-state index is 11.9. The molecule has 0 atom stereocenters. The molecule has 0 bridgehead atoms. The Hall–Kier alpha value is -3.31. The second kappa shape index (κ2) is 7.99. The molecular formula is C26H24ClN3O2. The first-order chi connectivity index (χ1) is 15.4. The van der Waals surface area contributed by atoms with Crippen molar-refractivity contribution in [1.29, 1.82) is 0 Å². The van der Waals surface area contributed by atoms with Crippen molar-refractivity contribution in [2.45, 2.75) is 33.4 Å². The molecule has 32 heavy (non-hydrogen) atoms. The van der Waals surface area contributed by atoms with Crippen LogP contribution in [0.25, 0.3) is 22.0 Å². The SMILES string of the molecule is Cc1c(CC(=O)O)c(-c2ccc(Cl)cc2)c2cc(C)n3c2c1N(Cc1ccccn1)CC3. The van der Waals surface area contributed by atoms with Gasteiger partial charge in [0.15, 0.2) is 0 Å². The first-order valence-electron chi connectivity index (χ1n) is 10.7. The molecule has 1 aliphatic rings. The summed E-state index contributed by atoms with van der Waals surface area (Å²) in [4.78, 5) is 18.8. The minimum absolute atomic E-state index is 0.0333. The van der Waals surface area contributed by atoms with E-state index in [2.05, 4.69) is 34.4 Å². The summed E-state index contributed by atoms with van der Waals surface area (Å²) in [6.07, 6.45) is 1.78. The Labute approximate surface area is 191 Å². The number of hydrogen-bond donors (Lipinski definition) is 1. The fourth-order valence-corrected chi connectivity index (χ4v) is 5.09. The number of hydrogen-bond acceptors (Lipinski definition) is 3. The number of benzene rings is 2. The first-order valence-corrected chi connectivity index (χ1v) is 11.1. The van der Waals surface area contributed by atoms with E-state index in [0.717, 1.165) is 52.1 Å². The zero-order valence-electron chi connectivity index (χ0n) is 18.1. The van der Waals surface area contributed by atoms with Crippen LogP contribution in [0.2, 0.25) is 5.02 Å². The van der Waals surface area contributed by atoms with Gasteiger partial charge in [0.1, 0.15) is 0 Å². The molecule has 2 aromatic heterocycles. The summed E-state index contributed by atoms with van der Waals surface area (Å²) < 4.78 is 2.36. The van der Waals surface area contributed by atoms with Gasteiger partial charge in [0, 0.05) is 35.4 Å². The van der Waals surface area contributed by atoms with Gasteiger partial charge in [0.05, 0.1) is 29.9 Å². The maximum Gasteiger partial charge on any atom is 0.307 e. The number of rotatable bonds is 5. The molecule has 0 fully saturated rings. The van der Waals surface area contributed by atoms with Gasteiger partial charge in [-0.25, -0.2) is 0 Å². The lowest BCUT2D eigenvalue weighted by atomic mass is 9.88. The summed E-state index contributed by atoms with van der Waals surface area (Å²) in [6.45, 7) is 6.59. The average molecular weight is 446 g/mol. The number of carbonyl (C=O) groups is 1. The number of anilines is 1. The van der Waals surface area contributed by atoms with E-state index in [1.165, 1.54) is 11.2 Å². The lowest BCUT2D eigenvalue weighted by Crippen LogP contribution is -2.32. The number of pyridine rings is 1. The quantitative estimate of drug-likeness (QED) is 0.433. The average Bonchev–Trinajstić information content (AvgIpc) is 3.10. The first kappa shape index (κ1) is 20.6. The molecule has 0 aliphatic carbocycles. The number of halogens is 1. The van der Waals surface area contributed by atoms with E-state index in [0.29, 0.717) is 11.6 Å². The standard InChI is InChI=1S/C26H24ClN3O2/c1-16-13-22-24(18-6-8-19(27)9-7-18)21(14-23(31)32)17(2)25-26(22)30(16)12-11-29(25)15-20-5-3-4-10-28-20/h3-10,13H,11-12,14-15H2,1-2H3,(H,31,32). The van der Waals surface area contributed by atoms with Crippen LogP contribution in [0.5, 0.6) is 0 Å². The van der Waals surface area contributed by atoms with Gasteiger partial charge in [-0.3, -0.25) is 9.78 Å². The Morgan fingerprint density at radius 1 is 1.12 bits per heavy atom. The molecule has 0 radical (unpaired) electrons. The Morgan fingerprint density at radius 2 is 1.91 bits per heavy atom. The summed E-state index contributed by atoms with van der Waals surface area (Å²) in [7, 11) is 0. The van der Waals surface area contributed by atoms with Crippen molar-refractivity contribution >= 4 is 34.2 Å². The number of aromatic nitrogens is 2. The fraction of sp³-hybridized carbons (Fsp3) is 0.231. The molecule has 2 aromatic carbocycles. The van der Waals surface area contributed by atoms with Crippen LogP contribution in [0.1, 0.15) is 22.5 Å². The maximum absolute atomic E-state index is 11.9. The smallest absolute Gasteiger partial charge is 0.307 e. The van der Waals surface area contributed by atoms with E-state index in [4.69, 9.17) is 11.6 Å². The topological polar surface area (TPSA) is 58.4 Å². The molecule has 5 nitrogen and oxygen atoms in total. The van der Waals surface area contributed by atoms with Gasteiger partial charge in [-0.15, -0.1) is 0 Å². The van der Waals surface area contributed by atoms with Crippen LogP contribution in [0.3, 0.4) is 0 Å². The van der Waals surface area contributed by atoms with E-state index < -0.39 is 5.97 Å². The molecule has 1 N–H and O–H groups in total. The Balaban J connectivity index is 1.79. The molecule has 5 rings (SSSR count).